The van der Waals surface area contributed by atoms with E-state index in [-0.39, 0.29) is 16.7 Å². The minimum Gasteiger partial charge on any atom is -0.283 e. The fraction of sp³-hybridized carbons (Fsp3) is 0.280. The molecule has 0 spiro atoms. The van der Waals surface area contributed by atoms with E-state index >= 15 is 0 Å². The van der Waals surface area contributed by atoms with Crippen molar-refractivity contribution >= 4 is 77.2 Å². The fourth-order valence-electron chi connectivity index (χ4n) is 4.36. The van der Waals surface area contributed by atoms with Crippen molar-refractivity contribution < 1.29 is 13.2 Å². The first-order valence-corrected chi connectivity index (χ1v) is 15.2. The summed E-state index contributed by atoms with van der Waals surface area (Å²) in [5.74, 6) is -0.632. The van der Waals surface area contributed by atoms with Crippen molar-refractivity contribution in [3.63, 3.8) is 0 Å². The molecule has 1 fully saturated rings. The van der Waals surface area contributed by atoms with E-state index in [4.69, 9.17) is 28.2 Å². The molecule has 0 aliphatic carbocycles. The monoisotopic (exact) mass is 579 g/mol. The summed E-state index contributed by atoms with van der Waals surface area (Å²) in [6, 6.07) is 16.6. The number of hydrogen-bond acceptors (Lipinski definition) is 6. The van der Waals surface area contributed by atoms with Gasteiger partial charge < -0.3 is 0 Å². The van der Waals surface area contributed by atoms with Gasteiger partial charge in [-0.15, -0.1) is 11.3 Å². The van der Waals surface area contributed by atoms with Crippen molar-refractivity contribution in [2.45, 2.75) is 30.5 Å². The minimum atomic E-state index is -3.72. The van der Waals surface area contributed by atoms with Crippen LogP contribution in [-0.2, 0) is 21.4 Å². The number of nitrogens with zero attached hydrogens (tertiary/aromatic N) is 3. The number of rotatable bonds is 6. The summed E-state index contributed by atoms with van der Waals surface area (Å²) < 4.78 is 29.3. The largest absolute Gasteiger partial charge is 0.283 e. The molecule has 6 nitrogen and oxygen atoms in total. The van der Waals surface area contributed by atoms with E-state index in [0.29, 0.717) is 40.4 Å². The van der Waals surface area contributed by atoms with Crippen molar-refractivity contribution in [2.75, 3.05) is 18.0 Å². The maximum absolute atomic E-state index is 14.0. The third kappa shape index (κ3) is 5.05. The summed E-state index contributed by atoms with van der Waals surface area (Å²) in [4.78, 5) is 20.5. The van der Waals surface area contributed by atoms with Gasteiger partial charge in [-0.3, -0.25) is 9.69 Å². The number of anilines is 1. The first-order chi connectivity index (χ1) is 17.2. The van der Waals surface area contributed by atoms with E-state index in [1.807, 2.05) is 49.4 Å². The Morgan fingerprint density at radius 3 is 2.58 bits per heavy atom. The molecule has 0 radical (unpaired) electrons. The van der Waals surface area contributed by atoms with Gasteiger partial charge >= 0.3 is 0 Å². The van der Waals surface area contributed by atoms with Crippen molar-refractivity contribution in [1.29, 1.82) is 0 Å². The number of carbonyl (C=O) groups excluding carboxylic acids is 1. The molecule has 0 N–H and O–H groups in total. The number of fused-ring (bicyclic) bond motifs is 1. The molecule has 5 rings (SSSR count). The minimum absolute atomic E-state index is 0.118. The number of sulfonamides is 1. The van der Waals surface area contributed by atoms with Crippen LogP contribution in [0.15, 0.2) is 58.8 Å². The molecule has 4 aromatic rings. The second kappa shape index (κ2) is 10.4. The lowest BCUT2D eigenvalue weighted by atomic mass is 9.98. The summed E-state index contributed by atoms with van der Waals surface area (Å²) in [5.41, 5.74) is 2.71. The van der Waals surface area contributed by atoms with Crippen molar-refractivity contribution in [1.82, 2.24) is 9.29 Å². The van der Waals surface area contributed by atoms with Crippen molar-refractivity contribution in [2.24, 2.45) is 5.92 Å². The number of benzene rings is 2. The Kier molecular flexibility index (Phi) is 7.40. The Morgan fingerprint density at radius 1 is 1.11 bits per heavy atom. The normalized spacial score (nSPS) is 16.9. The molecule has 1 unspecified atom stereocenters. The number of amides is 1. The van der Waals surface area contributed by atoms with Crippen LogP contribution in [0, 0.1) is 12.8 Å². The number of aryl methyl sites for hydroxylation is 1. The van der Waals surface area contributed by atoms with Crippen LogP contribution in [0.4, 0.5) is 5.13 Å². The molecule has 188 valence electrons. The highest BCUT2D eigenvalue weighted by atomic mass is 35.5. The van der Waals surface area contributed by atoms with Gasteiger partial charge in [-0.1, -0.05) is 70.9 Å². The summed E-state index contributed by atoms with van der Waals surface area (Å²) in [6.07, 6.45) is 1.20. The third-order valence-electron chi connectivity index (χ3n) is 6.24. The zero-order chi connectivity index (χ0) is 25.4. The van der Waals surface area contributed by atoms with Crippen LogP contribution >= 0.6 is 45.9 Å². The summed E-state index contributed by atoms with van der Waals surface area (Å²) >= 11 is 14.8. The Hall–Kier alpha value is -2.01. The van der Waals surface area contributed by atoms with Crippen LogP contribution in [0.1, 0.15) is 24.0 Å². The number of hydrogen-bond donors (Lipinski definition) is 0. The highest BCUT2D eigenvalue weighted by molar-refractivity contribution is 7.91. The number of halogens is 2. The molecular formula is C25H23Cl2N3O3S3. The number of carbonyl (C=O) groups is 1. The highest BCUT2D eigenvalue weighted by Gasteiger charge is 2.37. The highest BCUT2D eigenvalue weighted by Crippen LogP contribution is 2.38. The summed E-state index contributed by atoms with van der Waals surface area (Å²) in [6.45, 7) is 2.79. The molecule has 11 heteroatoms. The van der Waals surface area contributed by atoms with E-state index in [1.165, 1.54) is 21.7 Å². The van der Waals surface area contributed by atoms with E-state index in [9.17, 15) is 13.2 Å². The van der Waals surface area contributed by atoms with Crippen LogP contribution in [-0.4, -0.2) is 36.7 Å². The first kappa shape index (κ1) is 25.6. The molecule has 0 saturated carbocycles. The second-order valence-corrected chi connectivity index (χ2v) is 14.0. The van der Waals surface area contributed by atoms with Gasteiger partial charge in [0, 0.05) is 13.1 Å². The first-order valence-electron chi connectivity index (χ1n) is 11.4. The Morgan fingerprint density at radius 2 is 1.89 bits per heavy atom. The maximum atomic E-state index is 14.0. The zero-order valence-corrected chi connectivity index (χ0v) is 23.3. The molecule has 1 aliphatic heterocycles. The zero-order valence-electron chi connectivity index (χ0n) is 19.4. The van der Waals surface area contributed by atoms with Gasteiger partial charge in [0.25, 0.3) is 10.0 Å². The molecule has 1 aliphatic rings. The Labute approximate surface area is 228 Å². The third-order valence-corrected chi connectivity index (χ3v) is 11.3. The number of aromatic nitrogens is 1. The molecule has 36 heavy (non-hydrogen) atoms. The number of piperidine rings is 1. The van der Waals surface area contributed by atoms with E-state index in [1.54, 1.807) is 11.0 Å². The van der Waals surface area contributed by atoms with E-state index < -0.39 is 15.9 Å². The molecular weight excluding hydrogens is 557 g/mol. The van der Waals surface area contributed by atoms with Crippen LogP contribution in [0.3, 0.4) is 0 Å². The molecule has 2 aromatic heterocycles. The van der Waals surface area contributed by atoms with E-state index in [2.05, 4.69) is 0 Å². The molecule has 1 amide bonds. The molecule has 2 aromatic carbocycles. The van der Waals surface area contributed by atoms with Crippen molar-refractivity contribution in [3.05, 3.63) is 75.1 Å². The predicted octanol–water partition coefficient (Wildman–Crippen LogP) is 6.61. The summed E-state index contributed by atoms with van der Waals surface area (Å²) in [7, 11) is -3.72. The lowest BCUT2D eigenvalue weighted by Crippen LogP contribution is -2.46. The van der Waals surface area contributed by atoms with Gasteiger partial charge in [0.1, 0.15) is 4.21 Å². The Bertz CT molecular complexity index is 1480. The van der Waals surface area contributed by atoms with Crippen LogP contribution in [0.5, 0.6) is 0 Å². The van der Waals surface area contributed by atoms with Crippen LogP contribution < -0.4 is 4.90 Å². The molecule has 3 heterocycles. The Balaban J connectivity index is 1.48. The van der Waals surface area contributed by atoms with Gasteiger partial charge in [0.05, 0.1) is 32.0 Å². The SMILES string of the molecule is Cc1ccc(Cl)c2sc(N(Cc3ccccc3)C(=O)C3CCCN(S(=O)(=O)c4ccc(Cl)s4)C3)nc12. The average molecular weight is 581 g/mol. The lowest BCUT2D eigenvalue weighted by molar-refractivity contribution is -0.123. The topological polar surface area (TPSA) is 70.6 Å². The number of thiazole rings is 1. The van der Waals surface area contributed by atoms with Crippen LogP contribution in [0.2, 0.25) is 9.36 Å². The van der Waals surface area contributed by atoms with Gasteiger partial charge in [0.2, 0.25) is 5.91 Å². The van der Waals surface area contributed by atoms with Crippen molar-refractivity contribution in [3.8, 4) is 0 Å². The number of thiophene rings is 1. The predicted molar refractivity (Wildman–Crippen MR) is 148 cm³/mol. The second-order valence-electron chi connectivity index (χ2n) is 8.71. The van der Waals surface area contributed by atoms with Gasteiger partial charge in [0.15, 0.2) is 5.13 Å². The quantitative estimate of drug-likeness (QED) is 0.258. The molecule has 1 atom stereocenters. The van der Waals surface area contributed by atoms with Crippen LogP contribution in [0.25, 0.3) is 10.2 Å². The van der Waals surface area contributed by atoms with E-state index in [0.717, 1.165) is 32.7 Å². The van der Waals surface area contributed by atoms with Gasteiger partial charge in [-0.25, -0.2) is 13.4 Å². The molecule has 1 saturated heterocycles. The maximum Gasteiger partial charge on any atom is 0.252 e. The fourth-order valence-corrected chi connectivity index (χ4v) is 8.84. The smallest absolute Gasteiger partial charge is 0.252 e. The average Bonchev–Trinajstić information content (AvgIpc) is 3.53. The summed E-state index contributed by atoms with van der Waals surface area (Å²) in [5, 5.41) is 1.15. The standard InChI is InChI=1S/C25H23Cl2N3O3S3/c1-16-9-10-19(26)23-22(16)28-25(35-23)30(14-17-6-3-2-4-7-17)24(31)18-8-5-13-29(15-18)36(32,33)21-12-11-20(27)34-21/h2-4,6-7,9-12,18H,5,8,13-15H2,1H3. The molecule has 0 bridgehead atoms. The van der Waals surface area contributed by atoms with Gasteiger partial charge in [-0.05, 0) is 49.1 Å². The lowest BCUT2D eigenvalue weighted by Gasteiger charge is -2.33. The van der Waals surface area contributed by atoms with Gasteiger partial charge in [-0.2, -0.15) is 4.31 Å².